The van der Waals surface area contributed by atoms with Gasteiger partial charge in [0.25, 0.3) is 0 Å². The molecule has 0 aliphatic carbocycles. The molecule has 1 radical (unpaired) electrons. The van der Waals surface area contributed by atoms with Gasteiger partial charge >= 0.3 is 0 Å². The molecule has 0 aromatic carbocycles. The Kier molecular flexibility index (Phi) is 4.29. The average Bonchev–Trinajstić information content (AvgIpc) is 2.07. The van der Waals surface area contributed by atoms with Gasteiger partial charge in [0.15, 0.2) is 0 Å². The topological polar surface area (TPSA) is 14.1 Å². The second kappa shape index (κ2) is 5.36. The molecule has 0 aromatic rings. The van der Waals surface area contributed by atoms with Crippen molar-refractivity contribution in [2.45, 2.75) is 39.0 Å². The van der Waals surface area contributed by atoms with Crippen molar-refractivity contribution in [3.63, 3.8) is 0 Å². The van der Waals surface area contributed by atoms with Gasteiger partial charge in [-0.1, -0.05) is 31.4 Å². The molecule has 0 spiro atoms. The van der Waals surface area contributed by atoms with E-state index in [-0.39, 0.29) is 0 Å². The minimum Gasteiger partial charge on any atom is -0.237 e. The molecule has 0 bridgehead atoms. The van der Waals surface area contributed by atoms with Gasteiger partial charge in [0.05, 0.1) is 0 Å². The van der Waals surface area contributed by atoms with Crippen LogP contribution in [0.2, 0.25) is 0 Å². The summed E-state index contributed by atoms with van der Waals surface area (Å²) in [5.41, 5.74) is 1.65. The molecule has 1 aliphatic heterocycles. The van der Waals surface area contributed by atoms with Crippen LogP contribution in [0.4, 0.5) is 0 Å². The number of hydrogen-bond donors (Lipinski definition) is 0. The van der Waals surface area contributed by atoms with Gasteiger partial charge in [0.2, 0.25) is 0 Å². The normalized spacial score (nSPS) is 18.1. The molecule has 0 amide bonds. The zero-order chi connectivity index (χ0) is 7.94. The predicted molar refractivity (Wildman–Crippen MR) is 48.7 cm³/mol. The van der Waals surface area contributed by atoms with Gasteiger partial charge in [0, 0.05) is 13.1 Å². The summed E-state index contributed by atoms with van der Waals surface area (Å²) in [6.07, 6.45) is 8.95. The number of nitrogens with zero attached hydrogens (tertiary/aromatic N) is 1. The summed E-state index contributed by atoms with van der Waals surface area (Å²) < 4.78 is 0. The largest absolute Gasteiger partial charge is 0.237 e. The third-order valence-electron chi connectivity index (χ3n) is 2.20. The maximum atomic E-state index is 4.28. The van der Waals surface area contributed by atoms with E-state index in [0.29, 0.717) is 0 Å². The van der Waals surface area contributed by atoms with E-state index in [4.69, 9.17) is 0 Å². The van der Waals surface area contributed by atoms with Gasteiger partial charge < -0.3 is 0 Å². The van der Waals surface area contributed by atoms with E-state index in [1.54, 1.807) is 5.57 Å². The third kappa shape index (κ3) is 3.57. The van der Waals surface area contributed by atoms with E-state index < -0.39 is 0 Å². The Labute approximate surface area is 69.9 Å². The van der Waals surface area contributed by atoms with Crippen molar-refractivity contribution in [1.82, 2.24) is 5.32 Å². The van der Waals surface area contributed by atoms with Crippen LogP contribution in [0.25, 0.3) is 0 Å². The molecule has 1 heterocycles. The molecule has 0 atom stereocenters. The second-order valence-corrected chi connectivity index (χ2v) is 3.20. The molecule has 1 heteroatoms. The summed E-state index contributed by atoms with van der Waals surface area (Å²) in [7, 11) is 0. The van der Waals surface area contributed by atoms with Crippen molar-refractivity contribution >= 4 is 0 Å². The summed E-state index contributed by atoms with van der Waals surface area (Å²) >= 11 is 0. The Morgan fingerprint density at radius 2 is 2.36 bits per heavy atom. The summed E-state index contributed by atoms with van der Waals surface area (Å²) in [5.74, 6) is 0. The van der Waals surface area contributed by atoms with Crippen LogP contribution in [0.15, 0.2) is 11.6 Å². The van der Waals surface area contributed by atoms with E-state index >= 15 is 0 Å². The maximum absolute atomic E-state index is 4.28. The standard InChI is InChI=1S/C10H18N/c1-2-3-4-5-10-6-8-11-9-7-10/h6H,2-5,7-9H2,1H3. The fraction of sp³-hybridized carbons (Fsp3) is 0.800. The van der Waals surface area contributed by atoms with Crippen LogP contribution >= 0.6 is 0 Å². The highest BCUT2D eigenvalue weighted by Crippen LogP contribution is 2.13. The zero-order valence-corrected chi connectivity index (χ0v) is 7.47. The first-order chi connectivity index (χ1) is 5.43. The average molecular weight is 152 g/mol. The van der Waals surface area contributed by atoms with Gasteiger partial charge in [-0.15, -0.1) is 0 Å². The summed E-state index contributed by atoms with van der Waals surface area (Å²) in [5, 5.41) is 4.28. The lowest BCUT2D eigenvalue weighted by Crippen LogP contribution is -2.13. The van der Waals surface area contributed by atoms with Crippen molar-refractivity contribution in [3.8, 4) is 0 Å². The van der Waals surface area contributed by atoms with Crippen molar-refractivity contribution in [2.75, 3.05) is 13.1 Å². The zero-order valence-electron chi connectivity index (χ0n) is 7.47. The molecule has 11 heavy (non-hydrogen) atoms. The fourth-order valence-electron chi connectivity index (χ4n) is 1.44. The summed E-state index contributed by atoms with van der Waals surface area (Å²) in [6, 6.07) is 0. The summed E-state index contributed by atoms with van der Waals surface area (Å²) in [4.78, 5) is 0. The fourth-order valence-corrected chi connectivity index (χ4v) is 1.44. The van der Waals surface area contributed by atoms with E-state index in [9.17, 15) is 0 Å². The van der Waals surface area contributed by atoms with Crippen LogP contribution in [0.5, 0.6) is 0 Å². The molecule has 0 saturated heterocycles. The summed E-state index contributed by atoms with van der Waals surface area (Å²) in [6.45, 7) is 4.30. The Hall–Kier alpha value is -0.300. The smallest absolute Gasteiger partial charge is 0.0316 e. The second-order valence-electron chi connectivity index (χ2n) is 3.20. The van der Waals surface area contributed by atoms with E-state index in [1.165, 1.54) is 32.1 Å². The molecule has 1 rings (SSSR count). The highest BCUT2D eigenvalue weighted by Gasteiger charge is 2.02. The van der Waals surface area contributed by atoms with Crippen LogP contribution < -0.4 is 5.32 Å². The first-order valence-electron chi connectivity index (χ1n) is 4.74. The van der Waals surface area contributed by atoms with Gasteiger partial charge in [-0.05, 0) is 19.3 Å². The van der Waals surface area contributed by atoms with Gasteiger partial charge in [-0.2, -0.15) is 0 Å². The van der Waals surface area contributed by atoms with Gasteiger partial charge in [-0.25, -0.2) is 5.32 Å². The Morgan fingerprint density at radius 3 is 3.00 bits per heavy atom. The van der Waals surface area contributed by atoms with Crippen molar-refractivity contribution in [3.05, 3.63) is 11.6 Å². The van der Waals surface area contributed by atoms with E-state index in [0.717, 1.165) is 13.1 Å². The number of rotatable bonds is 4. The van der Waals surface area contributed by atoms with Gasteiger partial charge in [0.1, 0.15) is 0 Å². The van der Waals surface area contributed by atoms with Crippen molar-refractivity contribution in [2.24, 2.45) is 0 Å². The quantitative estimate of drug-likeness (QED) is 0.434. The van der Waals surface area contributed by atoms with E-state index in [1.807, 2.05) is 0 Å². The highest BCUT2D eigenvalue weighted by atomic mass is 14.8. The van der Waals surface area contributed by atoms with Crippen molar-refractivity contribution in [1.29, 1.82) is 0 Å². The monoisotopic (exact) mass is 152 g/mol. The predicted octanol–water partition coefficient (Wildman–Crippen LogP) is 2.50. The van der Waals surface area contributed by atoms with Crippen LogP contribution in [0, 0.1) is 0 Å². The van der Waals surface area contributed by atoms with Crippen LogP contribution in [-0.4, -0.2) is 13.1 Å². The lowest BCUT2D eigenvalue weighted by molar-refractivity contribution is 0.637. The molecular formula is C10H18N. The minimum atomic E-state index is 0.974. The van der Waals surface area contributed by atoms with Crippen LogP contribution in [0.3, 0.4) is 0 Å². The molecule has 0 fully saturated rings. The maximum Gasteiger partial charge on any atom is 0.0316 e. The SMILES string of the molecule is CCCCCC1=CC[N]CC1. The first kappa shape index (κ1) is 8.79. The molecule has 0 aromatic heterocycles. The van der Waals surface area contributed by atoms with Gasteiger partial charge in [-0.3, -0.25) is 0 Å². The molecule has 1 aliphatic rings. The molecular weight excluding hydrogens is 134 g/mol. The lowest BCUT2D eigenvalue weighted by atomic mass is 10.0. The molecule has 63 valence electrons. The molecule has 1 nitrogen and oxygen atoms in total. The Morgan fingerprint density at radius 1 is 1.45 bits per heavy atom. The van der Waals surface area contributed by atoms with Crippen LogP contribution in [-0.2, 0) is 0 Å². The highest BCUT2D eigenvalue weighted by molar-refractivity contribution is 5.06. The molecule has 0 unspecified atom stereocenters. The Balaban J connectivity index is 2.09. The number of unbranched alkanes of at least 4 members (excludes halogenated alkanes) is 2. The number of hydrogen-bond acceptors (Lipinski definition) is 0. The van der Waals surface area contributed by atoms with Crippen LogP contribution in [0.1, 0.15) is 39.0 Å². The Bertz CT molecular complexity index is 127. The third-order valence-corrected chi connectivity index (χ3v) is 2.20. The minimum absolute atomic E-state index is 0.974. The molecule has 0 saturated carbocycles. The van der Waals surface area contributed by atoms with Crippen molar-refractivity contribution < 1.29 is 0 Å². The first-order valence-corrected chi connectivity index (χ1v) is 4.74. The lowest BCUT2D eigenvalue weighted by Gasteiger charge is -2.11. The molecule has 0 N–H and O–H groups in total. The van der Waals surface area contributed by atoms with E-state index in [2.05, 4.69) is 18.3 Å².